The third kappa shape index (κ3) is 3.85. The summed E-state index contributed by atoms with van der Waals surface area (Å²) in [7, 11) is 0. The van der Waals surface area contributed by atoms with Crippen LogP contribution in [0.1, 0.15) is 31.9 Å². The number of nitrogens with zero attached hydrogens (tertiary/aromatic N) is 1. The molecular formula is C19H25GeN. The Kier molecular flexibility index (Phi) is 5.80. The van der Waals surface area contributed by atoms with Crippen molar-refractivity contribution in [3.63, 3.8) is 0 Å². The van der Waals surface area contributed by atoms with Crippen LogP contribution in [0.4, 0.5) is 0 Å². The molecule has 0 saturated heterocycles. The summed E-state index contributed by atoms with van der Waals surface area (Å²) in [5.74, 6) is 0. The van der Waals surface area contributed by atoms with E-state index in [9.17, 15) is 0 Å². The Hall–Kier alpha value is -1.35. The third-order valence-corrected chi connectivity index (χ3v) is 15.4. The first kappa shape index (κ1) is 16.0. The van der Waals surface area contributed by atoms with Gasteiger partial charge in [-0.1, -0.05) is 0 Å². The molecular weight excluding hydrogens is 315 g/mol. The predicted octanol–water partition coefficient (Wildman–Crippen LogP) is 5.56. The molecule has 0 atom stereocenters. The van der Waals surface area contributed by atoms with Gasteiger partial charge in [-0.3, -0.25) is 0 Å². The molecule has 0 aliphatic rings. The Balaban J connectivity index is 2.57. The van der Waals surface area contributed by atoms with Crippen molar-refractivity contribution in [2.75, 3.05) is 0 Å². The van der Waals surface area contributed by atoms with Crippen LogP contribution in [0.5, 0.6) is 0 Å². The van der Waals surface area contributed by atoms with Gasteiger partial charge in [0.25, 0.3) is 0 Å². The molecule has 2 rings (SSSR count). The minimum absolute atomic E-state index is 1.24. The van der Waals surface area contributed by atoms with Crippen molar-refractivity contribution in [2.45, 2.75) is 36.5 Å². The van der Waals surface area contributed by atoms with Gasteiger partial charge in [0.15, 0.2) is 0 Å². The molecule has 0 radical (unpaired) electrons. The first-order valence-electron chi connectivity index (χ1n) is 7.93. The zero-order valence-electron chi connectivity index (χ0n) is 13.3. The van der Waals surface area contributed by atoms with Crippen LogP contribution < -0.4 is 0 Å². The van der Waals surface area contributed by atoms with Gasteiger partial charge in [0.1, 0.15) is 0 Å². The van der Waals surface area contributed by atoms with Gasteiger partial charge in [-0.25, -0.2) is 0 Å². The van der Waals surface area contributed by atoms with E-state index in [0.717, 1.165) is 0 Å². The van der Waals surface area contributed by atoms with Crippen molar-refractivity contribution in [2.24, 2.45) is 0 Å². The number of rotatable bonds is 6. The van der Waals surface area contributed by atoms with Gasteiger partial charge >= 0.3 is 131 Å². The average Bonchev–Trinajstić information content (AvgIpc) is 2.58. The number of hydrogen-bond acceptors (Lipinski definition) is 1. The zero-order valence-corrected chi connectivity index (χ0v) is 15.4. The monoisotopic (exact) mass is 341 g/mol. The fourth-order valence-electron chi connectivity index (χ4n) is 2.84. The van der Waals surface area contributed by atoms with Crippen LogP contribution >= 0.6 is 0 Å². The van der Waals surface area contributed by atoms with Crippen molar-refractivity contribution >= 4 is 18.8 Å². The van der Waals surface area contributed by atoms with Gasteiger partial charge in [0.2, 0.25) is 0 Å². The van der Waals surface area contributed by atoms with E-state index in [2.05, 4.69) is 67.1 Å². The number of aromatic nitrogens is 1. The van der Waals surface area contributed by atoms with Gasteiger partial charge in [-0.15, -0.1) is 0 Å². The van der Waals surface area contributed by atoms with E-state index in [1.54, 1.807) is 0 Å². The normalized spacial score (nSPS) is 12.4. The molecule has 0 bridgehead atoms. The van der Waals surface area contributed by atoms with Crippen LogP contribution in [0.15, 0.2) is 59.8 Å². The molecule has 0 spiro atoms. The molecule has 2 aromatic rings. The molecule has 0 fully saturated rings. The van der Waals surface area contributed by atoms with Crippen molar-refractivity contribution in [3.8, 4) is 0 Å². The van der Waals surface area contributed by atoms with E-state index >= 15 is 0 Å². The van der Waals surface area contributed by atoms with Crippen LogP contribution in [-0.4, -0.2) is 18.3 Å². The summed E-state index contributed by atoms with van der Waals surface area (Å²) >= 11 is -1.90. The molecule has 110 valence electrons. The van der Waals surface area contributed by atoms with Crippen molar-refractivity contribution in [3.05, 3.63) is 70.9 Å². The SMILES string of the molecule is C[CH2][Ge](/[CH]=C(/c1ccccc1)c1cccnc1)([CH2]C)[CH2]C. The van der Waals surface area contributed by atoms with Gasteiger partial charge in [0, 0.05) is 0 Å². The molecule has 0 saturated carbocycles. The van der Waals surface area contributed by atoms with E-state index in [-0.39, 0.29) is 0 Å². The summed E-state index contributed by atoms with van der Waals surface area (Å²) < 4.78 is 0. The number of pyridine rings is 1. The summed E-state index contributed by atoms with van der Waals surface area (Å²) in [4.78, 5) is 6.98. The Labute approximate surface area is 131 Å². The van der Waals surface area contributed by atoms with Crippen LogP contribution in [-0.2, 0) is 0 Å². The fraction of sp³-hybridized carbons (Fsp3) is 0.316. The molecule has 21 heavy (non-hydrogen) atoms. The summed E-state index contributed by atoms with van der Waals surface area (Å²) in [6.45, 7) is 7.11. The first-order chi connectivity index (χ1) is 10.2. The first-order valence-corrected chi connectivity index (χ1v) is 13.6. The fourth-order valence-corrected chi connectivity index (χ4v) is 9.25. The summed E-state index contributed by atoms with van der Waals surface area (Å²) in [5, 5.41) is 4.05. The quantitative estimate of drug-likeness (QED) is 0.628. The molecule has 1 heterocycles. The second kappa shape index (κ2) is 7.60. The summed E-state index contributed by atoms with van der Waals surface area (Å²) in [6, 6.07) is 15.0. The van der Waals surface area contributed by atoms with Crippen molar-refractivity contribution in [1.29, 1.82) is 0 Å². The Bertz CT molecular complexity index is 521. The second-order valence-corrected chi connectivity index (χ2v) is 16.4. The van der Waals surface area contributed by atoms with Gasteiger partial charge in [-0.2, -0.15) is 0 Å². The topological polar surface area (TPSA) is 12.9 Å². The average molecular weight is 340 g/mol. The Morgan fingerprint density at radius 3 is 2.05 bits per heavy atom. The maximum atomic E-state index is 4.32. The molecule has 0 unspecified atom stereocenters. The molecule has 1 aromatic heterocycles. The summed E-state index contributed by atoms with van der Waals surface area (Å²) in [5.41, 5.74) is 3.94. The summed E-state index contributed by atoms with van der Waals surface area (Å²) in [6.07, 6.45) is 3.84. The van der Waals surface area contributed by atoms with Crippen molar-refractivity contribution in [1.82, 2.24) is 4.98 Å². The van der Waals surface area contributed by atoms with E-state index in [0.29, 0.717) is 0 Å². The Morgan fingerprint density at radius 2 is 1.52 bits per heavy atom. The van der Waals surface area contributed by atoms with E-state index in [1.807, 2.05) is 18.5 Å². The van der Waals surface area contributed by atoms with Crippen LogP contribution in [0, 0.1) is 0 Å². The maximum absolute atomic E-state index is 4.32. The number of hydrogen-bond donors (Lipinski definition) is 0. The third-order valence-electron chi connectivity index (χ3n) is 4.62. The van der Waals surface area contributed by atoms with Crippen molar-refractivity contribution < 1.29 is 0 Å². The van der Waals surface area contributed by atoms with E-state index in [1.165, 1.54) is 32.5 Å². The molecule has 0 aliphatic carbocycles. The van der Waals surface area contributed by atoms with E-state index in [4.69, 9.17) is 0 Å². The molecule has 0 N–H and O–H groups in total. The molecule has 1 aromatic carbocycles. The van der Waals surface area contributed by atoms with Crippen LogP contribution in [0.2, 0.25) is 15.8 Å². The molecule has 0 aliphatic heterocycles. The molecule has 1 nitrogen and oxygen atoms in total. The standard InChI is InChI=1S/C19H25GeN/c1-4-20(5-2,6-3)15-19(17-11-8-7-9-12-17)18-13-10-14-21-16-18/h7-16H,4-6H2,1-3H3/b19-15-. The zero-order chi connectivity index (χ0) is 15.1. The molecule has 0 amide bonds. The minimum atomic E-state index is -1.90. The van der Waals surface area contributed by atoms with Gasteiger partial charge < -0.3 is 0 Å². The number of benzene rings is 1. The van der Waals surface area contributed by atoms with Gasteiger partial charge in [-0.05, 0) is 0 Å². The second-order valence-electron chi connectivity index (χ2n) is 5.59. The van der Waals surface area contributed by atoms with Crippen LogP contribution in [0.25, 0.3) is 5.57 Å². The van der Waals surface area contributed by atoms with E-state index < -0.39 is 13.3 Å². The predicted molar refractivity (Wildman–Crippen MR) is 95.0 cm³/mol. The molecule has 2 heteroatoms. The van der Waals surface area contributed by atoms with Gasteiger partial charge in [0.05, 0.1) is 0 Å². The Morgan fingerprint density at radius 1 is 0.905 bits per heavy atom. The van der Waals surface area contributed by atoms with Crippen LogP contribution in [0.3, 0.4) is 0 Å².